The molecule has 1 N–H and O–H groups in total. The molecule has 1 aromatic carbocycles. The van der Waals surface area contributed by atoms with Gasteiger partial charge >= 0.3 is 0 Å². The molecule has 0 fully saturated rings. The summed E-state index contributed by atoms with van der Waals surface area (Å²) in [6, 6.07) is 4.99. The van der Waals surface area contributed by atoms with Crippen molar-refractivity contribution in [3.63, 3.8) is 0 Å². The summed E-state index contributed by atoms with van der Waals surface area (Å²) in [6.07, 6.45) is 0.476. The van der Waals surface area contributed by atoms with E-state index in [1.807, 2.05) is 6.92 Å². The van der Waals surface area contributed by atoms with E-state index < -0.39 is 5.60 Å². The average Bonchev–Trinajstić information content (AvgIpc) is 2.54. The lowest BCUT2D eigenvalue weighted by Crippen LogP contribution is -2.43. The molecule has 1 aromatic rings. The van der Waals surface area contributed by atoms with Gasteiger partial charge in [-0.15, -0.1) is 0 Å². The maximum atomic E-state index is 12.1. The van der Waals surface area contributed by atoms with E-state index in [0.717, 1.165) is 9.37 Å². The topological polar surface area (TPSA) is 57.6 Å². The quantitative estimate of drug-likeness (QED) is 0.871. The van der Waals surface area contributed by atoms with Crippen molar-refractivity contribution in [2.75, 3.05) is 6.54 Å². The summed E-state index contributed by atoms with van der Waals surface area (Å²) in [6.45, 7) is 3.45. The van der Waals surface area contributed by atoms with E-state index in [1.165, 1.54) is 0 Å². The van der Waals surface area contributed by atoms with Crippen molar-refractivity contribution in [2.45, 2.75) is 25.9 Å². The molecule has 1 unspecified atom stereocenters. The zero-order chi connectivity index (χ0) is 13.5. The van der Waals surface area contributed by atoms with E-state index >= 15 is 0 Å². The molecule has 1 atom stereocenters. The molecule has 18 heavy (non-hydrogen) atoms. The fraction of sp³-hybridized carbons (Fsp3) is 0.385. The maximum absolute atomic E-state index is 12.1. The molecule has 0 saturated heterocycles. The summed E-state index contributed by atoms with van der Waals surface area (Å²) in [5, 5.41) is 10.00. The van der Waals surface area contributed by atoms with Crippen molar-refractivity contribution in [3.8, 4) is 0 Å². The lowest BCUT2D eigenvalue weighted by molar-refractivity contribution is 0.0174. The van der Waals surface area contributed by atoms with Crippen LogP contribution in [0.15, 0.2) is 22.7 Å². The number of carbonyl (C=O) groups excluding carboxylic acids is 2. The van der Waals surface area contributed by atoms with Crippen LogP contribution >= 0.6 is 15.9 Å². The summed E-state index contributed by atoms with van der Waals surface area (Å²) in [5.74, 6) is -0.679. The van der Waals surface area contributed by atoms with E-state index in [4.69, 9.17) is 0 Å². The van der Waals surface area contributed by atoms with Gasteiger partial charge in [-0.3, -0.25) is 14.5 Å². The third-order valence-electron chi connectivity index (χ3n) is 3.19. The number of hydrogen-bond donors (Lipinski definition) is 1. The highest BCUT2D eigenvalue weighted by molar-refractivity contribution is 9.10. The Morgan fingerprint density at radius 1 is 1.28 bits per heavy atom. The van der Waals surface area contributed by atoms with Gasteiger partial charge < -0.3 is 5.11 Å². The molecule has 0 bridgehead atoms. The predicted octanol–water partition coefficient (Wildman–Crippen LogP) is 2.21. The first kappa shape index (κ1) is 13.2. The van der Waals surface area contributed by atoms with E-state index in [2.05, 4.69) is 15.9 Å². The number of halogens is 1. The number of imide groups is 1. The highest BCUT2D eigenvalue weighted by atomic mass is 79.9. The summed E-state index contributed by atoms with van der Waals surface area (Å²) in [4.78, 5) is 25.3. The van der Waals surface area contributed by atoms with Gasteiger partial charge in [0, 0.05) is 4.47 Å². The zero-order valence-electron chi connectivity index (χ0n) is 10.2. The third-order valence-corrected chi connectivity index (χ3v) is 3.69. The molecule has 2 rings (SSSR count). The largest absolute Gasteiger partial charge is 0.388 e. The molecule has 0 spiro atoms. The van der Waals surface area contributed by atoms with Crippen LogP contribution in [0.5, 0.6) is 0 Å². The minimum Gasteiger partial charge on any atom is -0.388 e. The third kappa shape index (κ3) is 2.20. The van der Waals surface area contributed by atoms with Crippen molar-refractivity contribution in [1.29, 1.82) is 0 Å². The molecule has 0 aromatic heterocycles. The molecule has 0 radical (unpaired) electrons. The second kappa shape index (κ2) is 4.48. The molecule has 1 aliphatic rings. The summed E-state index contributed by atoms with van der Waals surface area (Å²) in [7, 11) is 0. The monoisotopic (exact) mass is 311 g/mol. The molecule has 2 amide bonds. The minimum absolute atomic E-state index is 0.0213. The van der Waals surface area contributed by atoms with Gasteiger partial charge in [0.2, 0.25) is 0 Å². The molecule has 0 aliphatic carbocycles. The van der Waals surface area contributed by atoms with Gasteiger partial charge in [0.1, 0.15) is 0 Å². The van der Waals surface area contributed by atoms with Gasteiger partial charge in [0.25, 0.3) is 11.8 Å². The molecule has 1 heterocycles. The molecule has 96 valence electrons. The van der Waals surface area contributed by atoms with Crippen molar-refractivity contribution in [1.82, 2.24) is 4.90 Å². The van der Waals surface area contributed by atoms with Crippen LogP contribution in [0, 0.1) is 0 Å². The second-order valence-electron chi connectivity index (χ2n) is 4.74. The van der Waals surface area contributed by atoms with Crippen molar-refractivity contribution in [3.05, 3.63) is 33.8 Å². The number of fused-ring (bicyclic) bond motifs is 1. The Morgan fingerprint density at radius 2 is 1.89 bits per heavy atom. The number of rotatable bonds is 3. The Kier molecular flexibility index (Phi) is 3.29. The number of carbonyl (C=O) groups is 2. The van der Waals surface area contributed by atoms with Crippen molar-refractivity contribution >= 4 is 27.7 Å². The summed E-state index contributed by atoms with van der Waals surface area (Å²) >= 11 is 3.28. The van der Waals surface area contributed by atoms with Crippen LogP contribution in [-0.4, -0.2) is 34.0 Å². The van der Waals surface area contributed by atoms with E-state index in [1.54, 1.807) is 25.1 Å². The first-order valence-electron chi connectivity index (χ1n) is 5.74. The van der Waals surface area contributed by atoms with E-state index in [0.29, 0.717) is 17.5 Å². The number of benzene rings is 1. The molecule has 5 heteroatoms. The Bertz CT molecular complexity index is 525. The Labute approximate surface area is 114 Å². The van der Waals surface area contributed by atoms with Crippen LogP contribution in [0.25, 0.3) is 0 Å². The lowest BCUT2D eigenvalue weighted by Gasteiger charge is -2.26. The first-order valence-corrected chi connectivity index (χ1v) is 6.53. The fourth-order valence-electron chi connectivity index (χ4n) is 1.86. The van der Waals surface area contributed by atoms with Gasteiger partial charge in [-0.1, -0.05) is 22.9 Å². The van der Waals surface area contributed by atoms with Crippen LogP contribution in [0.4, 0.5) is 0 Å². The number of aliphatic hydroxyl groups is 1. The first-order chi connectivity index (χ1) is 8.35. The Morgan fingerprint density at radius 3 is 2.50 bits per heavy atom. The Hall–Kier alpha value is -1.20. The highest BCUT2D eigenvalue weighted by Crippen LogP contribution is 2.27. The molecule has 0 saturated carbocycles. The fourth-order valence-corrected chi connectivity index (χ4v) is 2.22. The molecule has 1 aliphatic heterocycles. The smallest absolute Gasteiger partial charge is 0.261 e. The van der Waals surface area contributed by atoms with Gasteiger partial charge in [-0.05, 0) is 31.5 Å². The molecule has 4 nitrogen and oxygen atoms in total. The van der Waals surface area contributed by atoms with Crippen LogP contribution < -0.4 is 0 Å². The van der Waals surface area contributed by atoms with Crippen LogP contribution in [-0.2, 0) is 0 Å². The zero-order valence-corrected chi connectivity index (χ0v) is 11.8. The lowest BCUT2D eigenvalue weighted by atomic mass is 10.0. The SMILES string of the molecule is CCC(C)(O)CN1C(=O)c2ccc(Br)cc2C1=O. The predicted molar refractivity (Wildman–Crippen MR) is 70.4 cm³/mol. The number of hydrogen-bond acceptors (Lipinski definition) is 3. The van der Waals surface area contributed by atoms with Gasteiger partial charge in [0.15, 0.2) is 0 Å². The van der Waals surface area contributed by atoms with Crippen LogP contribution in [0.3, 0.4) is 0 Å². The van der Waals surface area contributed by atoms with Gasteiger partial charge in [-0.2, -0.15) is 0 Å². The number of nitrogens with zero attached hydrogens (tertiary/aromatic N) is 1. The minimum atomic E-state index is -1.05. The maximum Gasteiger partial charge on any atom is 0.261 e. The highest BCUT2D eigenvalue weighted by Gasteiger charge is 2.38. The summed E-state index contributed by atoms with van der Waals surface area (Å²) < 4.78 is 0.756. The molecular formula is C13H14BrNO3. The molecular weight excluding hydrogens is 298 g/mol. The van der Waals surface area contributed by atoms with Crippen molar-refractivity contribution < 1.29 is 14.7 Å². The standard InChI is InChI=1S/C13H14BrNO3/c1-3-13(2,18)7-15-11(16)9-5-4-8(14)6-10(9)12(15)17/h4-6,18H,3,7H2,1-2H3. The normalized spacial score (nSPS) is 17.9. The average molecular weight is 312 g/mol. The number of β-amino-alcohol motifs (C(OH)–C–C–N with tert-alkyl or cyclic N) is 1. The second-order valence-corrected chi connectivity index (χ2v) is 5.65. The van der Waals surface area contributed by atoms with Gasteiger partial charge in [0.05, 0.1) is 23.3 Å². The Balaban J connectivity index is 2.34. The van der Waals surface area contributed by atoms with E-state index in [-0.39, 0.29) is 18.4 Å². The van der Waals surface area contributed by atoms with Crippen molar-refractivity contribution in [2.24, 2.45) is 0 Å². The van der Waals surface area contributed by atoms with E-state index in [9.17, 15) is 14.7 Å². The number of amides is 2. The van der Waals surface area contributed by atoms with Gasteiger partial charge in [-0.25, -0.2) is 0 Å². The summed E-state index contributed by atoms with van der Waals surface area (Å²) in [5.41, 5.74) is -0.263. The van der Waals surface area contributed by atoms with Crippen LogP contribution in [0.2, 0.25) is 0 Å². The van der Waals surface area contributed by atoms with Crippen LogP contribution in [0.1, 0.15) is 41.0 Å².